The average molecular weight is 415 g/mol. The van der Waals surface area contributed by atoms with Crippen LogP contribution in [-0.4, -0.2) is 59.2 Å². The van der Waals surface area contributed by atoms with Gasteiger partial charge in [-0.1, -0.05) is 18.2 Å². The number of likely N-dealkylation sites (tertiary alicyclic amines) is 2. The molecule has 1 aromatic carbocycles. The molecule has 0 radical (unpaired) electrons. The van der Waals surface area contributed by atoms with E-state index in [2.05, 4.69) is 15.1 Å². The Morgan fingerprint density at radius 2 is 2.03 bits per heavy atom. The van der Waals surface area contributed by atoms with E-state index in [4.69, 9.17) is 4.74 Å². The van der Waals surface area contributed by atoms with Crippen LogP contribution in [0.1, 0.15) is 55.3 Å². The topological polar surface area (TPSA) is 61.5 Å². The largest absolute Gasteiger partial charge is 0.364 e. The Bertz CT molecular complexity index is 880. The number of benzene rings is 1. The maximum Gasteiger partial charge on any atom is 0.259 e. The highest BCUT2D eigenvalue weighted by molar-refractivity contribution is 5.86. The van der Waals surface area contributed by atoms with Crippen LogP contribution in [-0.2, 0) is 21.7 Å². The highest BCUT2D eigenvalue weighted by atomic mass is 19.1. The van der Waals surface area contributed by atoms with E-state index in [1.165, 1.54) is 31.6 Å². The van der Waals surface area contributed by atoms with Crippen LogP contribution in [0.5, 0.6) is 0 Å². The summed E-state index contributed by atoms with van der Waals surface area (Å²) in [5.41, 5.74) is 1.28. The number of piperidine rings is 1. The first-order valence-corrected chi connectivity index (χ1v) is 10.9. The molecule has 2 aliphatic rings. The van der Waals surface area contributed by atoms with E-state index in [9.17, 15) is 9.18 Å². The van der Waals surface area contributed by atoms with Gasteiger partial charge < -0.3 is 9.64 Å². The minimum absolute atomic E-state index is 0.194. The number of carbonyl (C=O) groups is 1. The number of methoxy groups -OCH3 is 1. The highest BCUT2D eigenvalue weighted by Gasteiger charge is 2.42. The van der Waals surface area contributed by atoms with Crippen LogP contribution in [0.2, 0.25) is 0 Å². The Hall–Kier alpha value is -2.25. The molecule has 0 spiro atoms. The first-order chi connectivity index (χ1) is 14.5. The van der Waals surface area contributed by atoms with Crippen molar-refractivity contribution in [1.29, 1.82) is 0 Å². The minimum Gasteiger partial charge on any atom is -0.364 e. The van der Waals surface area contributed by atoms with Crippen molar-refractivity contribution in [1.82, 2.24) is 20.0 Å². The lowest BCUT2D eigenvalue weighted by molar-refractivity contribution is -0.156. The molecule has 3 heterocycles. The van der Waals surface area contributed by atoms with Gasteiger partial charge in [-0.25, -0.2) is 4.39 Å². The van der Waals surface area contributed by atoms with Gasteiger partial charge in [0, 0.05) is 49.5 Å². The van der Waals surface area contributed by atoms with Crippen LogP contribution in [0.15, 0.2) is 30.5 Å². The molecule has 2 aromatic rings. The number of aromatic amines is 1. The van der Waals surface area contributed by atoms with Crippen molar-refractivity contribution in [2.45, 2.75) is 50.7 Å². The van der Waals surface area contributed by atoms with Gasteiger partial charge >= 0.3 is 0 Å². The summed E-state index contributed by atoms with van der Waals surface area (Å²) in [6.07, 6.45) is 6.33. The SMILES string of the molecule is COC(C)(C(=O)N1CCCC(c2[nH]ncc2CN2CCCC2)C1)c1ccccc1F. The van der Waals surface area contributed by atoms with Crippen molar-refractivity contribution < 1.29 is 13.9 Å². The van der Waals surface area contributed by atoms with E-state index >= 15 is 0 Å². The summed E-state index contributed by atoms with van der Waals surface area (Å²) in [7, 11) is 1.47. The summed E-state index contributed by atoms with van der Waals surface area (Å²) in [5, 5.41) is 7.50. The Balaban J connectivity index is 1.52. The molecule has 7 heteroatoms. The predicted molar refractivity (Wildman–Crippen MR) is 112 cm³/mol. The van der Waals surface area contributed by atoms with Gasteiger partial charge in [0.2, 0.25) is 0 Å². The fourth-order valence-electron chi connectivity index (χ4n) is 4.84. The minimum atomic E-state index is -1.35. The summed E-state index contributed by atoms with van der Waals surface area (Å²) in [4.78, 5) is 17.8. The second kappa shape index (κ2) is 8.86. The molecule has 1 amide bonds. The first-order valence-electron chi connectivity index (χ1n) is 10.9. The predicted octanol–water partition coefficient (Wildman–Crippen LogP) is 3.41. The third kappa shape index (κ3) is 4.01. The lowest BCUT2D eigenvalue weighted by atomic mass is 9.89. The van der Waals surface area contributed by atoms with Crippen LogP contribution < -0.4 is 0 Å². The number of H-pyrrole nitrogens is 1. The van der Waals surface area contributed by atoms with E-state index in [0.717, 1.165) is 38.2 Å². The molecule has 0 aliphatic carbocycles. The average Bonchev–Trinajstić information content (AvgIpc) is 3.45. The van der Waals surface area contributed by atoms with Crippen LogP contribution >= 0.6 is 0 Å². The molecule has 162 valence electrons. The summed E-state index contributed by atoms with van der Waals surface area (Å²) >= 11 is 0. The molecule has 2 saturated heterocycles. The number of carbonyl (C=O) groups excluding carboxylic acids is 1. The Morgan fingerprint density at radius 3 is 2.77 bits per heavy atom. The fraction of sp³-hybridized carbons (Fsp3) is 0.565. The third-order valence-corrected chi connectivity index (χ3v) is 6.67. The smallest absolute Gasteiger partial charge is 0.259 e. The molecular weight excluding hydrogens is 383 g/mol. The Labute approximate surface area is 177 Å². The van der Waals surface area contributed by atoms with Crippen molar-refractivity contribution in [2.75, 3.05) is 33.3 Å². The lowest BCUT2D eigenvalue weighted by Gasteiger charge is -2.38. The van der Waals surface area contributed by atoms with E-state index in [-0.39, 0.29) is 17.4 Å². The van der Waals surface area contributed by atoms with Gasteiger partial charge in [0.1, 0.15) is 5.82 Å². The second-order valence-electron chi connectivity index (χ2n) is 8.60. The van der Waals surface area contributed by atoms with Gasteiger partial charge in [-0.15, -0.1) is 0 Å². The Kier molecular flexibility index (Phi) is 6.20. The lowest BCUT2D eigenvalue weighted by Crippen LogP contribution is -2.50. The maximum atomic E-state index is 14.5. The summed E-state index contributed by atoms with van der Waals surface area (Å²) < 4.78 is 20.1. The van der Waals surface area contributed by atoms with Gasteiger partial charge in [0.15, 0.2) is 5.60 Å². The van der Waals surface area contributed by atoms with Gasteiger partial charge in [-0.05, 0) is 51.8 Å². The number of rotatable bonds is 6. The van der Waals surface area contributed by atoms with Gasteiger partial charge in [0.25, 0.3) is 5.91 Å². The monoisotopic (exact) mass is 414 g/mol. The van der Waals surface area contributed by atoms with Crippen molar-refractivity contribution >= 4 is 5.91 Å². The number of aromatic nitrogens is 2. The molecule has 6 nitrogen and oxygen atoms in total. The van der Waals surface area contributed by atoms with E-state index in [0.29, 0.717) is 13.1 Å². The van der Waals surface area contributed by atoms with Crippen molar-refractivity contribution in [3.05, 3.63) is 53.1 Å². The molecule has 4 rings (SSSR count). The van der Waals surface area contributed by atoms with Crippen LogP contribution in [0, 0.1) is 5.82 Å². The van der Waals surface area contributed by atoms with Crippen molar-refractivity contribution in [2.24, 2.45) is 0 Å². The molecule has 0 bridgehead atoms. The van der Waals surface area contributed by atoms with Gasteiger partial charge in [0.05, 0.1) is 6.20 Å². The van der Waals surface area contributed by atoms with Gasteiger partial charge in [-0.2, -0.15) is 5.10 Å². The fourth-order valence-corrected chi connectivity index (χ4v) is 4.84. The molecule has 2 atom stereocenters. The third-order valence-electron chi connectivity index (χ3n) is 6.67. The zero-order valence-electron chi connectivity index (χ0n) is 17.9. The molecule has 2 aliphatic heterocycles. The first kappa shape index (κ1) is 21.0. The van der Waals surface area contributed by atoms with Crippen molar-refractivity contribution in [3.8, 4) is 0 Å². The Morgan fingerprint density at radius 1 is 1.27 bits per heavy atom. The van der Waals surface area contributed by atoms with Crippen molar-refractivity contribution in [3.63, 3.8) is 0 Å². The molecular formula is C23H31FN4O2. The summed E-state index contributed by atoms with van der Waals surface area (Å²) in [6, 6.07) is 6.35. The van der Waals surface area contributed by atoms with E-state index < -0.39 is 11.4 Å². The zero-order chi connectivity index (χ0) is 21.1. The number of amides is 1. The number of ether oxygens (including phenoxy) is 1. The number of hydrogen-bond donors (Lipinski definition) is 1. The maximum absolute atomic E-state index is 14.5. The number of nitrogens with zero attached hydrogens (tertiary/aromatic N) is 3. The van der Waals surface area contributed by atoms with Crippen LogP contribution in [0.25, 0.3) is 0 Å². The second-order valence-corrected chi connectivity index (χ2v) is 8.60. The molecule has 2 unspecified atom stereocenters. The number of hydrogen-bond acceptors (Lipinski definition) is 4. The summed E-state index contributed by atoms with van der Waals surface area (Å²) in [6.45, 7) is 6.07. The summed E-state index contributed by atoms with van der Waals surface area (Å²) in [5.74, 6) is -0.421. The zero-order valence-corrected chi connectivity index (χ0v) is 17.9. The molecule has 30 heavy (non-hydrogen) atoms. The van der Waals surface area contributed by atoms with Crippen LogP contribution in [0.3, 0.4) is 0 Å². The van der Waals surface area contributed by atoms with Gasteiger partial charge in [-0.3, -0.25) is 14.8 Å². The van der Waals surface area contributed by atoms with E-state index in [1.54, 1.807) is 25.1 Å². The molecule has 0 saturated carbocycles. The normalized spacial score (nSPS) is 22.2. The standard InChI is InChI=1S/C23H31FN4O2/c1-23(30-2,19-9-3-4-10-20(19)24)22(29)28-13-7-8-17(16-28)21-18(14-25-26-21)15-27-11-5-6-12-27/h3-4,9-10,14,17H,5-8,11-13,15-16H2,1-2H3,(H,25,26). The highest BCUT2D eigenvalue weighted by Crippen LogP contribution is 2.34. The van der Waals surface area contributed by atoms with Crippen LogP contribution in [0.4, 0.5) is 4.39 Å². The number of nitrogens with one attached hydrogen (secondary N) is 1. The molecule has 1 aromatic heterocycles. The molecule has 1 N–H and O–H groups in total. The molecule has 2 fully saturated rings. The quantitative estimate of drug-likeness (QED) is 0.787. The van der Waals surface area contributed by atoms with E-state index in [1.807, 2.05) is 11.1 Å². The number of halogens is 1.